The molecule has 0 atom stereocenters. The highest BCUT2D eigenvalue weighted by Gasteiger charge is 2.52. The summed E-state index contributed by atoms with van der Waals surface area (Å²) in [5.74, 6) is 0. The molecule has 0 bridgehead atoms. The normalized spacial score (nSPS) is 11.0. The van der Waals surface area contributed by atoms with Crippen molar-refractivity contribution in [3.05, 3.63) is 382 Å². The second-order valence-electron chi connectivity index (χ2n) is 23.0. The van der Waals surface area contributed by atoms with Crippen molar-refractivity contribution >= 4 is 34.1 Å². The zero-order chi connectivity index (χ0) is 85.3. The molecule has 114 heavy (non-hydrogen) atoms. The van der Waals surface area contributed by atoms with Crippen molar-refractivity contribution in [1.29, 1.82) is 0 Å². The number of hydrogen-bond donors (Lipinski definition) is 0. The zero-order valence-corrected chi connectivity index (χ0v) is 76.3. The molecular formula is C112H146N2. The van der Waals surface area contributed by atoms with E-state index in [4.69, 9.17) is 0 Å². The van der Waals surface area contributed by atoms with Crippen molar-refractivity contribution < 1.29 is 0 Å². The van der Waals surface area contributed by atoms with Gasteiger partial charge in [-0.05, 0) is 184 Å². The summed E-state index contributed by atoms with van der Waals surface area (Å²) in [5, 5.41) is 0. The molecule has 0 aromatic heterocycles. The Hall–Kier alpha value is -10.5. The highest BCUT2D eigenvalue weighted by atomic mass is 15.2. The van der Waals surface area contributed by atoms with Crippen LogP contribution in [0.4, 0.5) is 34.1 Å². The summed E-state index contributed by atoms with van der Waals surface area (Å²) < 4.78 is 0. The van der Waals surface area contributed by atoms with Crippen LogP contribution in [-0.4, -0.2) is 0 Å². The molecule has 2 heteroatoms. The van der Waals surface area contributed by atoms with Gasteiger partial charge in [0.05, 0.1) is 22.2 Å². The van der Waals surface area contributed by atoms with Crippen LogP contribution in [0.15, 0.2) is 315 Å². The Kier molecular flexibility index (Phi) is 47.4. The Morgan fingerprint density at radius 3 is 0.675 bits per heavy atom. The van der Waals surface area contributed by atoms with E-state index in [9.17, 15) is 0 Å². The molecule has 0 amide bonds. The predicted molar refractivity (Wildman–Crippen MR) is 517 cm³/mol. The first kappa shape index (κ1) is 99.5. The molecule has 0 unspecified atom stereocenters. The van der Waals surface area contributed by atoms with Gasteiger partial charge in [0.1, 0.15) is 0 Å². The van der Waals surface area contributed by atoms with Crippen LogP contribution in [0, 0.1) is 0 Å². The van der Waals surface area contributed by atoms with Crippen LogP contribution in [0.2, 0.25) is 0 Å². The summed E-state index contributed by atoms with van der Waals surface area (Å²) in [7, 11) is 0. The fourth-order valence-electron chi connectivity index (χ4n) is 15.4. The zero-order valence-electron chi connectivity index (χ0n) is 76.3. The SMILES string of the molecule is CC.CC.CC.CC.CC.CC.CC.CC.CC.CC.CC.CC.CC.CC.CC.c1ccc(N(c2ccc3c(c2)C(c2ccccc2)(c2ccccc2)c2cc4c(cc2-3)C(c2ccccc2)(c2ccccc2)c2cc(N(c3ccccc3)c3cccc5c3Cc3ccccc3-5)ccc2-4)c2cccc3c2Cc2ccccc2-3)cc1. The average Bonchev–Trinajstić information content (AvgIpc) is 1.50. The fraction of sp³-hybridized carbons (Fsp3) is 0.304. The van der Waals surface area contributed by atoms with Gasteiger partial charge in [0.25, 0.3) is 0 Å². The largest absolute Gasteiger partial charge is 0.310 e. The van der Waals surface area contributed by atoms with Crippen LogP contribution >= 0.6 is 0 Å². The van der Waals surface area contributed by atoms with Crippen LogP contribution in [0.1, 0.15) is 274 Å². The average molecular weight is 1520 g/mol. The van der Waals surface area contributed by atoms with E-state index in [0.29, 0.717) is 0 Å². The minimum Gasteiger partial charge on any atom is -0.310 e. The topological polar surface area (TPSA) is 6.48 Å². The monoisotopic (exact) mass is 1520 g/mol. The van der Waals surface area contributed by atoms with Crippen molar-refractivity contribution in [3.8, 4) is 44.5 Å². The summed E-state index contributed by atoms with van der Waals surface area (Å²) in [5.41, 5.74) is 31.2. The van der Waals surface area contributed by atoms with Gasteiger partial charge < -0.3 is 9.80 Å². The summed E-state index contributed by atoms with van der Waals surface area (Å²) in [4.78, 5) is 5.03. The number of rotatable bonds is 10. The van der Waals surface area contributed by atoms with E-state index < -0.39 is 10.8 Å². The maximum absolute atomic E-state index is 2.61. The van der Waals surface area contributed by atoms with Gasteiger partial charge in [-0.1, -0.05) is 450 Å². The van der Waals surface area contributed by atoms with Crippen molar-refractivity contribution in [3.63, 3.8) is 0 Å². The van der Waals surface area contributed by atoms with E-state index >= 15 is 0 Å². The molecule has 2 nitrogen and oxygen atoms in total. The summed E-state index contributed by atoms with van der Waals surface area (Å²) in [6.45, 7) is 60.0. The van der Waals surface area contributed by atoms with Gasteiger partial charge in [-0.15, -0.1) is 0 Å². The van der Waals surface area contributed by atoms with Crippen LogP contribution in [0.5, 0.6) is 0 Å². The highest BCUT2D eigenvalue weighted by molar-refractivity contribution is 5.98. The number of benzene rings is 13. The molecule has 4 aliphatic carbocycles. The Labute approximate surface area is 697 Å². The second kappa shape index (κ2) is 54.2. The summed E-state index contributed by atoms with van der Waals surface area (Å²) in [6, 6.07) is 119. The molecular weight excluding hydrogens is 1370 g/mol. The minimum atomic E-state index is -0.699. The summed E-state index contributed by atoms with van der Waals surface area (Å²) in [6.07, 6.45) is 1.76. The van der Waals surface area contributed by atoms with Crippen LogP contribution < -0.4 is 9.80 Å². The molecule has 0 aliphatic heterocycles. The van der Waals surface area contributed by atoms with Gasteiger partial charge in [0.2, 0.25) is 0 Å². The van der Waals surface area contributed by atoms with Crippen molar-refractivity contribution in [2.24, 2.45) is 0 Å². The van der Waals surface area contributed by atoms with Gasteiger partial charge in [-0.3, -0.25) is 0 Å². The molecule has 0 saturated heterocycles. The third-order valence-corrected chi connectivity index (χ3v) is 18.9. The molecule has 0 fully saturated rings. The fourth-order valence-corrected chi connectivity index (χ4v) is 15.4. The Morgan fingerprint density at radius 2 is 0.404 bits per heavy atom. The first-order valence-corrected chi connectivity index (χ1v) is 44.5. The molecule has 0 spiro atoms. The van der Waals surface area contributed by atoms with E-state index in [2.05, 4.69) is 325 Å². The van der Waals surface area contributed by atoms with Gasteiger partial charge >= 0.3 is 0 Å². The minimum absolute atomic E-state index is 0.699. The summed E-state index contributed by atoms with van der Waals surface area (Å²) >= 11 is 0. The van der Waals surface area contributed by atoms with Gasteiger partial charge in [0.15, 0.2) is 0 Å². The third kappa shape index (κ3) is 20.1. The van der Waals surface area contributed by atoms with Crippen molar-refractivity contribution in [1.82, 2.24) is 0 Å². The third-order valence-electron chi connectivity index (χ3n) is 18.9. The van der Waals surface area contributed by atoms with E-state index in [-0.39, 0.29) is 0 Å². The molecule has 0 saturated carbocycles. The molecule has 4 aliphatic rings. The van der Waals surface area contributed by atoms with E-state index in [1.165, 1.54) is 123 Å². The lowest BCUT2D eigenvalue weighted by atomic mass is 9.66. The molecule has 17 rings (SSSR count). The van der Waals surface area contributed by atoms with Gasteiger partial charge in [0, 0.05) is 35.6 Å². The lowest BCUT2D eigenvalue weighted by molar-refractivity contribution is 0.759. The first-order chi connectivity index (χ1) is 56.7. The highest BCUT2D eigenvalue weighted by Crippen LogP contribution is 2.64. The lowest BCUT2D eigenvalue weighted by Crippen LogP contribution is -2.30. The second-order valence-corrected chi connectivity index (χ2v) is 23.0. The maximum Gasteiger partial charge on any atom is 0.0714 e. The standard InChI is InChI=1S/C82H56N2.15C2H6/c1-7-27-57(28-8-1)81(58-29-9-2-10-30-58)75-51-63(83(61-35-15-5-16-36-61)79-43-23-41-67-65-39-21-19-25-55(65)49-73(67)79)45-47-69(75)71-54-78-72(53-77(71)81)70-48-46-64(52-76(70)82(78,59-31-11-3-12-32-59)60-33-13-4-14-34-60)84(62-37-17-6-18-38-62)80-44-24-42-68-66-40-22-20-26-56(66)50-74(68)80;15*1-2/h1-48,51-54H,49-50H2;15*1-2H3. The number of fused-ring (bicyclic) bond motifs is 12. The number of nitrogens with zero attached hydrogens (tertiary/aromatic N) is 2. The van der Waals surface area contributed by atoms with Crippen LogP contribution in [-0.2, 0) is 23.7 Å². The lowest BCUT2D eigenvalue weighted by Gasteiger charge is -2.36. The maximum atomic E-state index is 2.61. The van der Waals surface area contributed by atoms with Gasteiger partial charge in [-0.2, -0.15) is 0 Å². The predicted octanol–water partition coefficient (Wildman–Crippen LogP) is 35.9. The number of anilines is 6. The van der Waals surface area contributed by atoms with Crippen LogP contribution in [0.3, 0.4) is 0 Å². The number of para-hydroxylation sites is 2. The Morgan fingerprint density at radius 1 is 0.175 bits per heavy atom. The Bertz CT molecular complexity index is 4320. The smallest absolute Gasteiger partial charge is 0.0714 e. The van der Waals surface area contributed by atoms with E-state index in [0.717, 1.165) is 35.6 Å². The van der Waals surface area contributed by atoms with E-state index in [1.54, 1.807) is 0 Å². The van der Waals surface area contributed by atoms with E-state index in [1.807, 2.05) is 208 Å². The number of hydrogen-bond acceptors (Lipinski definition) is 2. The Balaban J connectivity index is 0.00000133. The molecule has 0 N–H and O–H groups in total. The molecule has 604 valence electrons. The molecule has 0 radical (unpaired) electrons. The van der Waals surface area contributed by atoms with Crippen molar-refractivity contribution in [2.75, 3.05) is 9.80 Å². The quantitative estimate of drug-likeness (QED) is 0.135. The van der Waals surface area contributed by atoms with Gasteiger partial charge in [-0.25, -0.2) is 0 Å². The molecule has 0 heterocycles. The molecule has 13 aromatic rings. The van der Waals surface area contributed by atoms with Crippen molar-refractivity contribution in [2.45, 2.75) is 231 Å². The molecule has 13 aromatic carbocycles. The van der Waals surface area contributed by atoms with Crippen LogP contribution in [0.25, 0.3) is 44.5 Å². The first-order valence-electron chi connectivity index (χ1n) is 44.5.